The van der Waals surface area contributed by atoms with Crippen molar-refractivity contribution in [2.45, 2.75) is 31.8 Å². The maximum atomic E-state index is 11.5. The lowest BCUT2D eigenvalue weighted by atomic mass is 10.6. The van der Waals surface area contributed by atoms with E-state index in [0.717, 1.165) is 5.69 Å². The van der Waals surface area contributed by atoms with Crippen LogP contribution in [0.1, 0.15) is 24.5 Å². The third-order valence-corrected chi connectivity index (χ3v) is 4.97. The molecule has 13 heavy (non-hydrogen) atoms. The van der Waals surface area contributed by atoms with Crippen molar-refractivity contribution in [1.29, 1.82) is 0 Å². The molecule has 1 aromatic heterocycles. The van der Waals surface area contributed by atoms with Gasteiger partial charge in [-0.1, -0.05) is 0 Å². The van der Waals surface area contributed by atoms with Crippen molar-refractivity contribution in [1.82, 2.24) is 4.98 Å². The van der Waals surface area contributed by atoms with Crippen LogP contribution in [0.5, 0.6) is 0 Å². The van der Waals surface area contributed by atoms with Crippen LogP contribution in [0.15, 0.2) is 5.38 Å². The van der Waals surface area contributed by atoms with E-state index in [4.69, 9.17) is 0 Å². The van der Waals surface area contributed by atoms with E-state index in [2.05, 4.69) is 4.98 Å². The Morgan fingerprint density at radius 1 is 1.54 bits per heavy atom. The average molecular weight is 219 g/mol. The monoisotopic (exact) mass is 219 g/mol. The predicted octanol–water partition coefficient (Wildman–Crippen LogP) is 1.77. The number of thiazole rings is 1. The Balaban J connectivity index is 2.81. The van der Waals surface area contributed by atoms with Gasteiger partial charge in [0, 0.05) is 11.1 Å². The zero-order chi connectivity index (χ0) is 10.1. The molecule has 5 heteroatoms. The molecule has 1 rings (SSSR count). The lowest BCUT2D eigenvalue weighted by Gasteiger charge is -2.04. The molecule has 0 radical (unpaired) electrons. The first-order chi connectivity index (χ1) is 5.92. The number of rotatable bonds is 3. The molecule has 74 valence electrons. The largest absolute Gasteiger partial charge is 0.245 e. The molecule has 0 atom stereocenters. The van der Waals surface area contributed by atoms with E-state index in [1.807, 2.05) is 12.3 Å². The Hall–Kier alpha value is -0.420. The summed E-state index contributed by atoms with van der Waals surface area (Å²) in [4.78, 5) is 4.12. The summed E-state index contributed by atoms with van der Waals surface area (Å²) >= 11 is 1.40. The van der Waals surface area contributed by atoms with E-state index >= 15 is 0 Å². The van der Waals surface area contributed by atoms with Crippen LogP contribution >= 0.6 is 11.3 Å². The second kappa shape index (κ2) is 3.75. The standard InChI is InChI=1S/C8H13NO2S2/c1-6(2)13(10,11)5-8-9-7(3)4-12-8/h4,6H,5H2,1-3H3. The van der Waals surface area contributed by atoms with E-state index < -0.39 is 9.84 Å². The van der Waals surface area contributed by atoms with Gasteiger partial charge in [0.2, 0.25) is 0 Å². The van der Waals surface area contributed by atoms with Crippen LogP contribution in [0.2, 0.25) is 0 Å². The predicted molar refractivity (Wildman–Crippen MR) is 54.6 cm³/mol. The molecule has 0 aliphatic heterocycles. The van der Waals surface area contributed by atoms with Crippen molar-refractivity contribution < 1.29 is 8.42 Å². The van der Waals surface area contributed by atoms with Gasteiger partial charge in [-0.3, -0.25) is 0 Å². The molecule has 0 aliphatic carbocycles. The van der Waals surface area contributed by atoms with E-state index in [0.29, 0.717) is 5.01 Å². The summed E-state index contributed by atoms with van der Waals surface area (Å²) in [6, 6.07) is 0. The first kappa shape index (κ1) is 10.7. The van der Waals surface area contributed by atoms with Gasteiger partial charge in [0.25, 0.3) is 0 Å². The highest BCUT2D eigenvalue weighted by atomic mass is 32.2. The van der Waals surface area contributed by atoms with Crippen molar-refractivity contribution in [3.8, 4) is 0 Å². The average Bonchev–Trinajstić information content (AvgIpc) is 2.34. The maximum Gasteiger partial charge on any atom is 0.159 e. The molecule has 0 amide bonds. The fraction of sp³-hybridized carbons (Fsp3) is 0.625. The van der Waals surface area contributed by atoms with E-state index in [1.165, 1.54) is 11.3 Å². The third kappa shape index (κ3) is 2.77. The molecule has 1 aromatic rings. The lowest BCUT2D eigenvalue weighted by molar-refractivity contribution is 0.586. The molecular formula is C8H13NO2S2. The Bertz CT molecular complexity index is 379. The smallest absolute Gasteiger partial charge is 0.159 e. The zero-order valence-electron chi connectivity index (χ0n) is 7.94. The zero-order valence-corrected chi connectivity index (χ0v) is 9.58. The van der Waals surface area contributed by atoms with E-state index in [9.17, 15) is 8.42 Å². The fourth-order valence-electron chi connectivity index (χ4n) is 0.808. The van der Waals surface area contributed by atoms with Gasteiger partial charge in [0.15, 0.2) is 9.84 Å². The Morgan fingerprint density at radius 2 is 2.15 bits per heavy atom. The van der Waals surface area contributed by atoms with Crippen molar-refractivity contribution in [2.24, 2.45) is 0 Å². The fourth-order valence-corrected chi connectivity index (χ4v) is 2.87. The van der Waals surface area contributed by atoms with Crippen LogP contribution in [0, 0.1) is 6.92 Å². The van der Waals surface area contributed by atoms with Gasteiger partial charge in [0.05, 0.1) is 5.25 Å². The molecule has 1 heterocycles. The number of sulfone groups is 1. The summed E-state index contributed by atoms with van der Waals surface area (Å²) in [6.45, 7) is 5.24. The molecule has 3 nitrogen and oxygen atoms in total. The van der Waals surface area contributed by atoms with Gasteiger partial charge >= 0.3 is 0 Å². The summed E-state index contributed by atoms with van der Waals surface area (Å²) in [6.07, 6.45) is 0. The second-order valence-corrected chi connectivity index (χ2v) is 6.74. The summed E-state index contributed by atoms with van der Waals surface area (Å²) in [5, 5.41) is 2.23. The highest BCUT2D eigenvalue weighted by molar-refractivity contribution is 7.91. The van der Waals surface area contributed by atoms with Crippen LogP contribution in [0.3, 0.4) is 0 Å². The molecule has 0 saturated heterocycles. The molecule has 0 saturated carbocycles. The van der Waals surface area contributed by atoms with Crippen molar-refractivity contribution >= 4 is 21.2 Å². The van der Waals surface area contributed by atoms with Gasteiger partial charge < -0.3 is 0 Å². The highest BCUT2D eigenvalue weighted by Crippen LogP contribution is 2.14. The summed E-state index contributed by atoms with van der Waals surface area (Å²) < 4.78 is 23.0. The molecule has 0 bridgehead atoms. The highest BCUT2D eigenvalue weighted by Gasteiger charge is 2.18. The van der Waals surface area contributed by atoms with Crippen LogP contribution in [0.4, 0.5) is 0 Å². The summed E-state index contributed by atoms with van der Waals surface area (Å²) in [5.41, 5.74) is 0.888. The number of aryl methyl sites for hydroxylation is 1. The molecule has 0 aliphatic rings. The van der Waals surface area contributed by atoms with Crippen LogP contribution in [-0.4, -0.2) is 18.7 Å². The quantitative estimate of drug-likeness (QED) is 0.778. The Labute approximate surface area is 82.7 Å². The topological polar surface area (TPSA) is 47.0 Å². The molecule has 0 unspecified atom stereocenters. The van der Waals surface area contributed by atoms with Crippen molar-refractivity contribution in [3.05, 3.63) is 16.1 Å². The van der Waals surface area contributed by atoms with Gasteiger partial charge in [0.1, 0.15) is 10.8 Å². The first-order valence-corrected chi connectivity index (χ1v) is 6.64. The van der Waals surface area contributed by atoms with Crippen molar-refractivity contribution in [2.75, 3.05) is 0 Å². The number of hydrogen-bond donors (Lipinski definition) is 0. The van der Waals surface area contributed by atoms with E-state index in [1.54, 1.807) is 13.8 Å². The minimum Gasteiger partial charge on any atom is -0.245 e. The summed E-state index contributed by atoms with van der Waals surface area (Å²) in [5.74, 6) is 0.0726. The Morgan fingerprint density at radius 3 is 2.54 bits per heavy atom. The van der Waals surface area contributed by atoms with Crippen molar-refractivity contribution in [3.63, 3.8) is 0 Å². The molecule has 0 aromatic carbocycles. The van der Waals surface area contributed by atoms with Crippen LogP contribution < -0.4 is 0 Å². The lowest BCUT2D eigenvalue weighted by Crippen LogP contribution is -2.15. The van der Waals surface area contributed by atoms with Gasteiger partial charge in [-0.05, 0) is 20.8 Å². The minimum atomic E-state index is -2.99. The molecule has 0 fully saturated rings. The first-order valence-electron chi connectivity index (χ1n) is 4.04. The number of aromatic nitrogens is 1. The number of nitrogens with zero attached hydrogens (tertiary/aromatic N) is 1. The van der Waals surface area contributed by atoms with E-state index in [-0.39, 0.29) is 11.0 Å². The van der Waals surface area contributed by atoms with Crippen LogP contribution in [-0.2, 0) is 15.6 Å². The molecular weight excluding hydrogens is 206 g/mol. The molecule has 0 N–H and O–H groups in total. The normalized spacial score (nSPS) is 12.3. The van der Waals surface area contributed by atoms with Gasteiger partial charge in [-0.25, -0.2) is 13.4 Å². The molecule has 0 spiro atoms. The van der Waals surface area contributed by atoms with Crippen LogP contribution in [0.25, 0.3) is 0 Å². The third-order valence-electron chi connectivity index (χ3n) is 1.71. The minimum absolute atomic E-state index is 0.0726. The summed E-state index contributed by atoms with van der Waals surface area (Å²) in [7, 11) is -2.99. The number of hydrogen-bond acceptors (Lipinski definition) is 4. The maximum absolute atomic E-state index is 11.5. The Kier molecular flexibility index (Phi) is 3.08. The second-order valence-electron chi connectivity index (χ2n) is 3.24. The van der Waals surface area contributed by atoms with Gasteiger partial charge in [-0.15, -0.1) is 11.3 Å². The van der Waals surface area contributed by atoms with Gasteiger partial charge in [-0.2, -0.15) is 0 Å². The SMILES string of the molecule is Cc1csc(CS(=O)(=O)C(C)C)n1.